The van der Waals surface area contributed by atoms with Gasteiger partial charge in [-0.1, -0.05) is 6.92 Å². The van der Waals surface area contributed by atoms with Crippen LogP contribution >= 0.6 is 0 Å². The van der Waals surface area contributed by atoms with Gasteiger partial charge < -0.3 is 14.2 Å². The zero-order valence-corrected chi connectivity index (χ0v) is 15.5. The summed E-state index contributed by atoms with van der Waals surface area (Å²) in [6, 6.07) is 0. The molecule has 0 bridgehead atoms. The fourth-order valence-corrected chi connectivity index (χ4v) is 3.83. The molecule has 3 heterocycles. The molecule has 0 amide bonds. The van der Waals surface area contributed by atoms with Crippen molar-refractivity contribution >= 4 is 11.2 Å². The molecule has 8 nitrogen and oxygen atoms in total. The Balaban J connectivity index is 2.10. The third-order valence-corrected chi connectivity index (χ3v) is 5.22. The smallest absolute Gasteiger partial charge is 0.332 e. The monoisotopic (exact) mass is 350 g/mol. The average Bonchev–Trinajstić information content (AvgIpc) is 2.94. The number of fused-ring (bicyclic) bond motifs is 1. The minimum absolute atomic E-state index is 0.296. The van der Waals surface area contributed by atoms with Crippen LogP contribution in [0.2, 0.25) is 0 Å². The lowest BCUT2D eigenvalue weighted by atomic mass is 10.0. The summed E-state index contributed by atoms with van der Waals surface area (Å²) in [5.41, 5.74) is 0.305. The van der Waals surface area contributed by atoms with Gasteiger partial charge in [-0.2, -0.15) is 0 Å². The maximum Gasteiger partial charge on any atom is 0.332 e. The lowest BCUT2D eigenvalue weighted by Crippen LogP contribution is -3.12. The standard InChI is InChI=1S/C17H27N5O3/c1-12-6-5-7-21(10-12)11-13-18-15-14(22(13)8-9-25-4)16(23)20(3)17(24)19(15)2/h12H,5-11H2,1-4H3/p+1/t12-/m1/s1. The normalized spacial score (nSPS) is 21.1. The van der Waals surface area contributed by atoms with Gasteiger partial charge in [0, 0.05) is 33.7 Å². The first-order chi connectivity index (χ1) is 11.9. The van der Waals surface area contributed by atoms with E-state index >= 15 is 0 Å². The number of aryl methyl sites for hydroxylation is 1. The molecule has 138 valence electrons. The number of nitrogens with one attached hydrogen (secondary N) is 1. The van der Waals surface area contributed by atoms with Crippen LogP contribution in [0.25, 0.3) is 11.2 Å². The van der Waals surface area contributed by atoms with Crippen LogP contribution in [0.3, 0.4) is 0 Å². The molecule has 0 aromatic carbocycles. The van der Waals surface area contributed by atoms with E-state index in [1.54, 1.807) is 14.2 Å². The van der Waals surface area contributed by atoms with Crippen molar-refractivity contribution in [2.75, 3.05) is 26.8 Å². The highest BCUT2D eigenvalue weighted by Crippen LogP contribution is 2.12. The molecule has 1 aliphatic heterocycles. The molecule has 0 aliphatic carbocycles. The molecule has 1 unspecified atom stereocenters. The molecule has 0 saturated carbocycles. The Morgan fingerprint density at radius 3 is 2.72 bits per heavy atom. The van der Waals surface area contributed by atoms with E-state index < -0.39 is 0 Å². The topological polar surface area (TPSA) is 75.5 Å². The van der Waals surface area contributed by atoms with Crippen LogP contribution < -0.4 is 16.1 Å². The number of nitrogens with zero attached hydrogens (tertiary/aromatic N) is 4. The van der Waals surface area contributed by atoms with Gasteiger partial charge in [0.25, 0.3) is 5.56 Å². The van der Waals surface area contributed by atoms with Crippen LogP contribution in [0.15, 0.2) is 9.59 Å². The lowest BCUT2D eigenvalue weighted by Gasteiger charge is -2.27. The molecule has 1 fully saturated rings. The number of likely N-dealkylation sites (tertiary alicyclic amines) is 1. The highest BCUT2D eigenvalue weighted by molar-refractivity contribution is 5.71. The first-order valence-corrected chi connectivity index (χ1v) is 8.91. The van der Waals surface area contributed by atoms with Crippen molar-refractivity contribution in [1.29, 1.82) is 0 Å². The van der Waals surface area contributed by atoms with Crippen molar-refractivity contribution in [3.63, 3.8) is 0 Å². The van der Waals surface area contributed by atoms with Crippen LogP contribution in [0, 0.1) is 5.92 Å². The summed E-state index contributed by atoms with van der Waals surface area (Å²) in [7, 11) is 4.82. The average molecular weight is 350 g/mol. The fourth-order valence-electron chi connectivity index (χ4n) is 3.83. The van der Waals surface area contributed by atoms with E-state index in [9.17, 15) is 9.59 Å². The van der Waals surface area contributed by atoms with Crippen molar-refractivity contribution in [1.82, 2.24) is 18.7 Å². The number of hydrogen-bond acceptors (Lipinski definition) is 4. The molecular formula is C17H28N5O3+. The van der Waals surface area contributed by atoms with E-state index in [4.69, 9.17) is 4.74 Å². The third-order valence-electron chi connectivity index (χ3n) is 5.22. The predicted molar refractivity (Wildman–Crippen MR) is 94.9 cm³/mol. The van der Waals surface area contributed by atoms with Crippen molar-refractivity contribution in [2.45, 2.75) is 32.9 Å². The van der Waals surface area contributed by atoms with Gasteiger partial charge in [0.05, 0.1) is 19.7 Å². The number of ether oxygens (including phenoxy) is 1. The Morgan fingerprint density at radius 2 is 2.04 bits per heavy atom. The molecule has 1 N–H and O–H groups in total. The molecule has 25 heavy (non-hydrogen) atoms. The van der Waals surface area contributed by atoms with E-state index in [1.807, 2.05) is 4.57 Å². The summed E-state index contributed by atoms with van der Waals surface area (Å²) >= 11 is 0. The van der Waals surface area contributed by atoms with Crippen LogP contribution in [-0.2, 0) is 31.9 Å². The maximum absolute atomic E-state index is 12.7. The van der Waals surface area contributed by atoms with Gasteiger partial charge >= 0.3 is 5.69 Å². The highest BCUT2D eigenvalue weighted by atomic mass is 16.5. The van der Waals surface area contributed by atoms with Crippen LogP contribution in [0.1, 0.15) is 25.6 Å². The quantitative estimate of drug-likeness (QED) is 0.742. The SMILES string of the molecule is COCCn1c(C[NH+]2CCC[C@@H](C)C2)nc2c1c(=O)n(C)c(=O)n2C. The molecule has 0 spiro atoms. The van der Waals surface area contributed by atoms with Gasteiger partial charge in [-0.05, 0) is 12.8 Å². The van der Waals surface area contributed by atoms with Gasteiger partial charge in [0.2, 0.25) is 0 Å². The van der Waals surface area contributed by atoms with Crippen molar-refractivity contribution in [2.24, 2.45) is 20.0 Å². The number of hydrogen-bond donors (Lipinski definition) is 1. The Hall–Kier alpha value is -1.93. The second kappa shape index (κ2) is 7.13. The zero-order chi connectivity index (χ0) is 18.1. The minimum atomic E-state index is -0.348. The van der Waals surface area contributed by atoms with Crippen LogP contribution in [0.4, 0.5) is 0 Å². The largest absolute Gasteiger partial charge is 0.383 e. The van der Waals surface area contributed by atoms with E-state index in [2.05, 4.69) is 11.9 Å². The number of quaternary nitrogens is 1. The van der Waals surface area contributed by atoms with Gasteiger partial charge in [-0.3, -0.25) is 13.9 Å². The van der Waals surface area contributed by atoms with Gasteiger partial charge in [0.15, 0.2) is 17.0 Å². The Morgan fingerprint density at radius 1 is 1.28 bits per heavy atom. The highest BCUT2D eigenvalue weighted by Gasteiger charge is 2.25. The Kier molecular flexibility index (Phi) is 5.10. The van der Waals surface area contributed by atoms with Gasteiger partial charge in [-0.15, -0.1) is 0 Å². The summed E-state index contributed by atoms with van der Waals surface area (Å²) in [4.78, 5) is 31.1. The van der Waals surface area contributed by atoms with Crippen molar-refractivity contribution < 1.29 is 9.64 Å². The molecule has 2 atom stereocenters. The van der Waals surface area contributed by atoms with Gasteiger partial charge in [0.1, 0.15) is 6.54 Å². The molecule has 3 rings (SSSR count). The number of imidazole rings is 1. The lowest BCUT2D eigenvalue weighted by molar-refractivity contribution is -0.922. The van der Waals surface area contributed by atoms with Crippen molar-refractivity contribution in [3.8, 4) is 0 Å². The summed E-state index contributed by atoms with van der Waals surface area (Å²) in [6.07, 6.45) is 2.49. The van der Waals surface area contributed by atoms with Crippen LogP contribution in [0.5, 0.6) is 0 Å². The first-order valence-electron chi connectivity index (χ1n) is 8.91. The summed E-state index contributed by atoms with van der Waals surface area (Å²) in [6.45, 7) is 6.33. The molecule has 0 radical (unpaired) electrons. The molecule has 1 aliphatic rings. The zero-order valence-electron chi connectivity index (χ0n) is 15.5. The predicted octanol–water partition coefficient (Wildman–Crippen LogP) is -1.11. The number of piperidine rings is 1. The van der Waals surface area contributed by atoms with E-state index in [0.29, 0.717) is 30.2 Å². The Labute approximate surface area is 146 Å². The summed E-state index contributed by atoms with van der Waals surface area (Å²) in [5, 5.41) is 0. The number of aromatic nitrogens is 4. The fraction of sp³-hybridized carbons (Fsp3) is 0.706. The second-order valence-electron chi connectivity index (χ2n) is 7.18. The molecule has 8 heteroatoms. The first kappa shape index (κ1) is 17.9. The molecule has 1 saturated heterocycles. The summed E-state index contributed by atoms with van der Waals surface area (Å²) in [5.74, 6) is 1.56. The molecule has 2 aromatic heterocycles. The summed E-state index contributed by atoms with van der Waals surface area (Å²) < 4.78 is 9.76. The third kappa shape index (κ3) is 3.28. The molecule has 2 aromatic rings. The van der Waals surface area contributed by atoms with Gasteiger partial charge in [-0.25, -0.2) is 9.78 Å². The minimum Gasteiger partial charge on any atom is -0.383 e. The Bertz CT molecular complexity index is 879. The van der Waals surface area contributed by atoms with E-state index in [1.165, 1.54) is 29.4 Å². The maximum atomic E-state index is 12.7. The van der Waals surface area contributed by atoms with Crippen LogP contribution in [-0.4, -0.2) is 45.5 Å². The van der Waals surface area contributed by atoms with E-state index in [0.717, 1.165) is 30.0 Å². The molecular weight excluding hydrogens is 322 g/mol. The van der Waals surface area contributed by atoms with Crippen molar-refractivity contribution in [3.05, 3.63) is 26.7 Å². The van der Waals surface area contributed by atoms with E-state index in [-0.39, 0.29) is 11.2 Å². The second-order valence-corrected chi connectivity index (χ2v) is 7.18. The number of methoxy groups -OCH3 is 1. The number of rotatable bonds is 5.